The van der Waals surface area contributed by atoms with Crippen LogP contribution in [0.1, 0.15) is 18.4 Å². The summed E-state index contributed by atoms with van der Waals surface area (Å²) in [6.45, 7) is 3.65. The molecule has 1 aliphatic rings. The van der Waals surface area contributed by atoms with Gasteiger partial charge in [-0.3, -0.25) is 4.68 Å². The number of hydrogen-bond acceptors (Lipinski definition) is 6. The fourth-order valence-electron chi connectivity index (χ4n) is 3.67. The second-order valence-electron chi connectivity index (χ2n) is 7.27. The van der Waals surface area contributed by atoms with Crippen molar-refractivity contribution in [3.8, 4) is 0 Å². The molecule has 2 N–H and O–H groups in total. The van der Waals surface area contributed by atoms with Crippen molar-refractivity contribution < 1.29 is 4.74 Å². The van der Waals surface area contributed by atoms with Crippen LogP contribution in [0.3, 0.4) is 0 Å². The number of anilines is 3. The van der Waals surface area contributed by atoms with Crippen LogP contribution in [0, 0.1) is 6.92 Å². The maximum atomic E-state index is 5.46. The fraction of sp³-hybridized carbons (Fsp3) is 0.350. The van der Waals surface area contributed by atoms with E-state index >= 15 is 0 Å². The molecule has 0 amide bonds. The van der Waals surface area contributed by atoms with Crippen molar-refractivity contribution in [2.24, 2.45) is 7.05 Å². The van der Waals surface area contributed by atoms with Gasteiger partial charge in [0, 0.05) is 37.4 Å². The average molecular weight is 377 g/mol. The lowest BCUT2D eigenvalue weighted by atomic mass is 10.1. The number of fused-ring (bicyclic) bond motifs is 2. The van der Waals surface area contributed by atoms with Gasteiger partial charge in [-0.05, 0) is 49.6 Å². The molecule has 1 saturated heterocycles. The zero-order valence-electron chi connectivity index (χ0n) is 16.0. The van der Waals surface area contributed by atoms with Crippen molar-refractivity contribution in [1.29, 1.82) is 0 Å². The normalized spacial score (nSPS) is 15.4. The van der Waals surface area contributed by atoms with Crippen molar-refractivity contribution in [2.75, 3.05) is 23.8 Å². The van der Waals surface area contributed by atoms with Crippen LogP contribution >= 0.6 is 0 Å². The van der Waals surface area contributed by atoms with Crippen LogP contribution in [-0.2, 0) is 11.8 Å². The molecule has 0 unspecified atom stereocenters. The van der Waals surface area contributed by atoms with Gasteiger partial charge in [-0.2, -0.15) is 14.6 Å². The number of ether oxygens (including phenoxy) is 1. The van der Waals surface area contributed by atoms with E-state index in [2.05, 4.69) is 33.9 Å². The van der Waals surface area contributed by atoms with Crippen LogP contribution in [0.15, 0.2) is 36.5 Å². The zero-order chi connectivity index (χ0) is 19.1. The molecule has 4 heterocycles. The molecule has 5 rings (SSSR count). The van der Waals surface area contributed by atoms with Gasteiger partial charge in [-0.15, -0.1) is 5.10 Å². The minimum absolute atomic E-state index is 0.397. The number of rotatable bonds is 4. The second-order valence-corrected chi connectivity index (χ2v) is 7.27. The van der Waals surface area contributed by atoms with Crippen LogP contribution in [0.25, 0.3) is 16.6 Å². The summed E-state index contributed by atoms with van der Waals surface area (Å²) in [7, 11) is 1.94. The van der Waals surface area contributed by atoms with Crippen LogP contribution in [-0.4, -0.2) is 43.6 Å². The van der Waals surface area contributed by atoms with Gasteiger partial charge in [0.2, 0.25) is 5.95 Å². The van der Waals surface area contributed by atoms with Gasteiger partial charge in [-0.25, -0.2) is 0 Å². The lowest BCUT2D eigenvalue weighted by Gasteiger charge is -2.24. The van der Waals surface area contributed by atoms with Gasteiger partial charge in [0.15, 0.2) is 5.65 Å². The molecular weight excluding hydrogens is 354 g/mol. The first-order valence-corrected chi connectivity index (χ1v) is 9.57. The molecule has 8 heteroatoms. The third-order valence-corrected chi connectivity index (χ3v) is 5.25. The largest absolute Gasteiger partial charge is 0.381 e. The highest BCUT2D eigenvalue weighted by Gasteiger charge is 2.16. The second kappa shape index (κ2) is 6.79. The summed E-state index contributed by atoms with van der Waals surface area (Å²) < 4.78 is 9.20. The molecule has 1 fully saturated rings. The number of aryl methyl sites for hydroxylation is 2. The summed E-state index contributed by atoms with van der Waals surface area (Å²) in [5.41, 5.74) is 3.96. The SMILES string of the molecule is Cc1ccc(NC2CCOCC2)n2nc(Nc3ccc4c(cnn4C)c3)nc12. The Hall–Kier alpha value is -3.13. The van der Waals surface area contributed by atoms with E-state index < -0.39 is 0 Å². The molecule has 0 atom stereocenters. The van der Waals surface area contributed by atoms with E-state index in [-0.39, 0.29) is 0 Å². The van der Waals surface area contributed by atoms with Crippen molar-refractivity contribution in [3.05, 3.63) is 42.1 Å². The third kappa shape index (κ3) is 3.05. The number of pyridine rings is 1. The predicted molar refractivity (Wildman–Crippen MR) is 109 cm³/mol. The Labute approximate surface area is 162 Å². The molecule has 28 heavy (non-hydrogen) atoms. The Bertz CT molecular complexity index is 1140. The number of nitrogens with zero attached hydrogens (tertiary/aromatic N) is 5. The Balaban J connectivity index is 1.45. The van der Waals surface area contributed by atoms with E-state index in [1.807, 2.05) is 41.5 Å². The van der Waals surface area contributed by atoms with Gasteiger partial charge in [0.1, 0.15) is 5.82 Å². The van der Waals surface area contributed by atoms with Crippen molar-refractivity contribution in [1.82, 2.24) is 24.4 Å². The summed E-state index contributed by atoms with van der Waals surface area (Å²) in [4.78, 5) is 4.70. The summed E-state index contributed by atoms with van der Waals surface area (Å²) in [5.74, 6) is 1.53. The minimum Gasteiger partial charge on any atom is -0.381 e. The van der Waals surface area contributed by atoms with Crippen molar-refractivity contribution in [3.63, 3.8) is 0 Å². The highest BCUT2D eigenvalue weighted by atomic mass is 16.5. The summed E-state index contributed by atoms with van der Waals surface area (Å²) in [5, 5.41) is 17.0. The topological polar surface area (TPSA) is 81.3 Å². The van der Waals surface area contributed by atoms with Gasteiger partial charge in [0.25, 0.3) is 0 Å². The maximum Gasteiger partial charge on any atom is 0.247 e. The van der Waals surface area contributed by atoms with Crippen LogP contribution in [0.4, 0.5) is 17.5 Å². The van der Waals surface area contributed by atoms with Gasteiger partial charge in [0.05, 0.1) is 11.7 Å². The Morgan fingerprint density at radius 1 is 1.14 bits per heavy atom. The molecule has 0 aliphatic carbocycles. The molecule has 0 radical (unpaired) electrons. The lowest BCUT2D eigenvalue weighted by molar-refractivity contribution is 0.0903. The van der Waals surface area contributed by atoms with E-state index in [4.69, 9.17) is 14.8 Å². The summed E-state index contributed by atoms with van der Waals surface area (Å²) in [6, 6.07) is 10.7. The molecule has 0 saturated carbocycles. The van der Waals surface area contributed by atoms with Crippen LogP contribution < -0.4 is 10.6 Å². The predicted octanol–water partition coefficient (Wildman–Crippen LogP) is 3.26. The molecule has 1 aliphatic heterocycles. The Morgan fingerprint density at radius 2 is 2.00 bits per heavy atom. The van der Waals surface area contributed by atoms with E-state index in [9.17, 15) is 0 Å². The van der Waals surface area contributed by atoms with Crippen molar-refractivity contribution >= 4 is 34.0 Å². The monoisotopic (exact) mass is 377 g/mol. The molecule has 0 spiro atoms. The highest BCUT2D eigenvalue weighted by molar-refractivity contribution is 5.83. The summed E-state index contributed by atoms with van der Waals surface area (Å²) in [6.07, 6.45) is 3.86. The van der Waals surface area contributed by atoms with E-state index in [1.165, 1.54) is 0 Å². The lowest BCUT2D eigenvalue weighted by Crippen LogP contribution is -2.28. The standard InChI is InChI=1S/C20H23N7O/c1-13-3-6-18(22-15-7-9-28-10-8-15)27-19(13)24-20(25-27)23-16-4-5-17-14(11-16)12-21-26(17)2/h3-6,11-12,15,22H,7-10H2,1-2H3,(H,23,25). The minimum atomic E-state index is 0.397. The smallest absolute Gasteiger partial charge is 0.247 e. The van der Waals surface area contributed by atoms with Gasteiger partial charge < -0.3 is 15.4 Å². The van der Waals surface area contributed by atoms with Crippen molar-refractivity contribution in [2.45, 2.75) is 25.8 Å². The number of aromatic nitrogens is 5. The first-order chi connectivity index (χ1) is 13.7. The maximum absolute atomic E-state index is 5.46. The highest BCUT2D eigenvalue weighted by Crippen LogP contribution is 2.23. The molecule has 1 aromatic carbocycles. The molecule has 144 valence electrons. The van der Waals surface area contributed by atoms with Crippen LogP contribution in [0.5, 0.6) is 0 Å². The Kier molecular flexibility index (Phi) is 4.12. The first kappa shape index (κ1) is 17.0. The van der Waals surface area contributed by atoms with E-state index in [0.717, 1.165) is 59.7 Å². The first-order valence-electron chi connectivity index (χ1n) is 9.57. The molecule has 0 bridgehead atoms. The molecule has 4 aromatic rings. The van der Waals surface area contributed by atoms with Gasteiger partial charge in [-0.1, -0.05) is 6.07 Å². The van der Waals surface area contributed by atoms with Crippen LogP contribution in [0.2, 0.25) is 0 Å². The number of hydrogen-bond donors (Lipinski definition) is 2. The zero-order valence-corrected chi connectivity index (χ0v) is 16.0. The molecular formula is C20H23N7O. The summed E-state index contributed by atoms with van der Waals surface area (Å²) >= 11 is 0. The van der Waals surface area contributed by atoms with E-state index in [0.29, 0.717) is 12.0 Å². The number of nitrogens with one attached hydrogen (secondary N) is 2. The quantitative estimate of drug-likeness (QED) is 0.568. The molecule has 8 nitrogen and oxygen atoms in total. The fourth-order valence-corrected chi connectivity index (χ4v) is 3.67. The van der Waals surface area contributed by atoms with Gasteiger partial charge >= 0.3 is 0 Å². The Morgan fingerprint density at radius 3 is 2.86 bits per heavy atom. The third-order valence-electron chi connectivity index (χ3n) is 5.25. The average Bonchev–Trinajstić information content (AvgIpc) is 3.29. The number of benzene rings is 1. The van der Waals surface area contributed by atoms with E-state index in [1.54, 1.807) is 0 Å². The molecule has 3 aromatic heterocycles.